The summed E-state index contributed by atoms with van der Waals surface area (Å²) in [6.07, 6.45) is 9.22. The second-order valence-corrected chi connectivity index (χ2v) is 21.0. The summed E-state index contributed by atoms with van der Waals surface area (Å²) in [5.41, 5.74) is 8.38. The Hall–Kier alpha value is -9.49. The number of aliphatic hydroxyl groups is 1. The molecule has 2 aliphatic rings. The van der Waals surface area contributed by atoms with Crippen LogP contribution in [0.1, 0.15) is 99.6 Å². The van der Waals surface area contributed by atoms with Crippen LogP contribution in [0.25, 0.3) is 22.3 Å². The van der Waals surface area contributed by atoms with Gasteiger partial charge in [0.25, 0.3) is 5.56 Å². The highest BCUT2D eigenvalue weighted by atomic mass is 16.6. The second kappa shape index (κ2) is 25.8. The van der Waals surface area contributed by atoms with Crippen LogP contribution in [0.2, 0.25) is 0 Å². The molecule has 0 unspecified atom stereocenters. The van der Waals surface area contributed by atoms with Crippen molar-refractivity contribution in [3.8, 4) is 22.9 Å². The molecule has 3 N–H and O–H groups in total. The quantitative estimate of drug-likeness (QED) is 0.0309. The predicted molar refractivity (Wildman–Crippen MR) is 316 cm³/mol. The van der Waals surface area contributed by atoms with E-state index in [1.54, 1.807) is 60.0 Å². The largest absolute Gasteiger partial charge is 0.494 e. The zero-order chi connectivity index (χ0) is 58.0. The van der Waals surface area contributed by atoms with Crippen LogP contribution in [0.15, 0.2) is 169 Å². The molecule has 0 saturated carbocycles. The van der Waals surface area contributed by atoms with Crippen molar-refractivity contribution < 1.29 is 33.7 Å². The number of esters is 2. The van der Waals surface area contributed by atoms with E-state index in [4.69, 9.17) is 19.2 Å². The lowest BCUT2D eigenvalue weighted by atomic mass is 9.86. The van der Waals surface area contributed by atoms with Gasteiger partial charge in [0.1, 0.15) is 18.1 Å². The average molecular weight is 1130 g/mol. The first-order chi connectivity index (χ1) is 41.0. The van der Waals surface area contributed by atoms with E-state index in [-0.39, 0.29) is 41.8 Å². The Bertz CT molecular complexity index is 3700. The topological polar surface area (TPSA) is 216 Å². The standard InChI is InChI=1S/C66H64N10O8/c1-3-54-55-34-52(22-23-59(55)73-61-56(54)42-76-60(61)35-58-57(62(76)77)43-83-64(79)66(58,81)4-2)84-63(78)46-16-15-21-47(33-46)72-65(80)71-28-13-14-29-82-53-31-44(36-74(38-48-17-5-9-24-67-48)39-49-18-6-10-25-68-49)30-45(32-53)37-75(40-50-19-7-11-26-69-50)41-51-20-8-12-27-70-51/h5-12,15-27,30-35,81H,3-4,13-14,28-29,36-43H2,1-2H3,(H2,71,72,80)/t66-/m1/s1. The molecule has 0 aliphatic carbocycles. The summed E-state index contributed by atoms with van der Waals surface area (Å²) in [7, 11) is 0. The van der Waals surface area contributed by atoms with Crippen molar-refractivity contribution in [1.82, 2.24) is 44.6 Å². The highest BCUT2D eigenvalue weighted by Crippen LogP contribution is 2.41. The third-order valence-corrected chi connectivity index (χ3v) is 15.1. The molecule has 0 spiro atoms. The molecule has 3 aromatic carbocycles. The number of carbonyl (C=O) groups is 3. The zero-order valence-corrected chi connectivity index (χ0v) is 46.9. The Morgan fingerprint density at radius 1 is 0.679 bits per heavy atom. The number of nitrogens with one attached hydrogen (secondary N) is 2. The predicted octanol–water partition coefficient (Wildman–Crippen LogP) is 9.83. The first-order valence-electron chi connectivity index (χ1n) is 28.3. The van der Waals surface area contributed by atoms with E-state index >= 15 is 0 Å². The number of unbranched alkanes of at least 4 members (excludes halogenated alkanes) is 1. The minimum absolute atomic E-state index is 0.0456. The molecule has 426 valence electrons. The molecule has 0 radical (unpaired) electrons. The SMILES string of the molecule is CCc1c2c(nc3ccc(OC(=O)c4cccc(NC(=O)NCCCCOc5cc(CN(Cc6ccccn6)Cc6ccccn6)cc(CN(Cc6ccccn6)Cc6ccccn6)c5)c4)cc13)-c1cc3c(c(=O)n1C2)COC(=O)[C@@]3(O)CC. The normalized spacial score (nSPS) is 14.2. The van der Waals surface area contributed by atoms with E-state index < -0.39 is 23.6 Å². The van der Waals surface area contributed by atoms with Gasteiger partial charge in [0.2, 0.25) is 0 Å². The van der Waals surface area contributed by atoms with Crippen molar-refractivity contribution in [2.75, 3.05) is 18.5 Å². The van der Waals surface area contributed by atoms with Crippen LogP contribution < -0.4 is 25.7 Å². The Morgan fingerprint density at radius 2 is 1.30 bits per heavy atom. The van der Waals surface area contributed by atoms with Crippen molar-refractivity contribution >= 4 is 34.6 Å². The lowest BCUT2D eigenvalue weighted by molar-refractivity contribution is -0.172. The molecule has 18 nitrogen and oxygen atoms in total. The van der Waals surface area contributed by atoms with Gasteiger partial charge in [-0.25, -0.2) is 19.4 Å². The van der Waals surface area contributed by atoms with Crippen LogP contribution in [-0.2, 0) is 74.0 Å². The Balaban J connectivity index is 0.717. The fourth-order valence-electron chi connectivity index (χ4n) is 11.0. The fraction of sp³-hybridized carbons (Fsp3) is 0.258. The van der Waals surface area contributed by atoms with Gasteiger partial charge in [-0.1, -0.05) is 50.2 Å². The molecule has 8 heterocycles. The number of hydrogen-bond donors (Lipinski definition) is 3. The van der Waals surface area contributed by atoms with Gasteiger partial charge in [0.15, 0.2) is 5.60 Å². The number of urea groups is 1. The molecule has 11 rings (SSSR count). The molecule has 1 atom stereocenters. The van der Waals surface area contributed by atoms with Crippen molar-refractivity contribution in [3.63, 3.8) is 0 Å². The molecular weight excluding hydrogens is 1060 g/mol. The summed E-state index contributed by atoms with van der Waals surface area (Å²) in [6.45, 7) is 8.24. The van der Waals surface area contributed by atoms with E-state index in [1.807, 2.05) is 105 Å². The number of ether oxygens (including phenoxy) is 3. The summed E-state index contributed by atoms with van der Waals surface area (Å²) >= 11 is 0. The van der Waals surface area contributed by atoms with Gasteiger partial charge in [-0.05, 0) is 146 Å². The van der Waals surface area contributed by atoms with Crippen molar-refractivity contribution in [2.45, 2.75) is 97.6 Å². The van der Waals surface area contributed by atoms with E-state index in [9.17, 15) is 24.3 Å². The number of nitrogens with zero attached hydrogens (tertiary/aromatic N) is 8. The van der Waals surface area contributed by atoms with Gasteiger partial charge >= 0.3 is 18.0 Å². The van der Waals surface area contributed by atoms with Crippen LogP contribution in [0.3, 0.4) is 0 Å². The third-order valence-electron chi connectivity index (χ3n) is 15.1. The van der Waals surface area contributed by atoms with Crippen molar-refractivity contribution in [2.24, 2.45) is 0 Å². The minimum atomic E-state index is -1.93. The number of hydrogen-bond acceptors (Lipinski definition) is 15. The van der Waals surface area contributed by atoms with Gasteiger partial charge in [0.05, 0.1) is 64.0 Å². The first-order valence-corrected chi connectivity index (χ1v) is 28.3. The lowest BCUT2D eigenvalue weighted by Crippen LogP contribution is -2.44. The van der Waals surface area contributed by atoms with Crippen molar-refractivity contribution in [1.29, 1.82) is 0 Å². The molecular formula is C66H64N10O8. The number of fused-ring (bicyclic) bond motifs is 5. The summed E-state index contributed by atoms with van der Waals surface area (Å²) in [4.78, 5) is 81.5. The number of benzene rings is 3. The number of anilines is 1. The van der Waals surface area contributed by atoms with Crippen LogP contribution >= 0.6 is 0 Å². The maximum atomic E-state index is 13.8. The van der Waals surface area contributed by atoms with Gasteiger partial charge in [-0.3, -0.25) is 34.5 Å². The smallest absolute Gasteiger partial charge is 0.343 e. The Morgan fingerprint density at radius 3 is 1.87 bits per heavy atom. The number of pyridine rings is 6. The van der Waals surface area contributed by atoms with Crippen LogP contribution in [0, 0.1) is 0 Å². The minimum Gasteiger partial charge on any atom is -0.494 e. The number of cyclic esters (lactones) is 1. The summed E-state index contributed by atoms with van der Waals surface area (Å²) < 4.78 is 19.3. The number of rotatable bonds is 23. The van der Waals surface area contributed by atoms with Crippen LogP contribution in [0.5, 0.6) is 11.5 Å². The maximum absolute atomic E-state index is 13.8. The van der Waals surface area contributed by atoms with Gasteiger partial charge in [0, 0.05) is 92.8 Å². The molecule has 0 saturated heterocycles. The Kier molecular flexibility index (Phi) is 17.3. The number of carbonyl (C=O) groups excluding carboxylic acids is 3. The molecule has 6 aromatic heterocycles. The molecule has 9 aromatic rings. The van der Waals surface area contributed by atoms with E-state index in [0.29, 0.717) is 100 Å². The zero-order valence-electron chi connectivity index (χ0n) is 46.9. The van der Waals surface area contributed by atoms with E-state index in [0.717, 1.165) is 56.2 Å². The molecule has 84 heavy (non-hydrogen) atoms. The number of aromatic nitrogens is 6. The Labute approximate surface area is 486 Å². The maximum Gasteiger partial charge on any atom is 0.343 e. The average Bonchev–Trinajstić information content (AvgIpc) is 1.77. The summed E-state index contributed by atoms with van der Waals surface area (Å²) in [5.74, 6) is -0.355. The second-order valence-electron chi connectivity index (χ2n) is 21.0. The highest BCUT2D eigenvalue weighted by molar-refractivity contribution is 5.96. The van der Waals surface area contributed by atoms with Crippen molar-refractivity contribution in [3.05, 3.63) is 236 Å². The van der Waals surface area contributed by atoms with Gasteiger partial charge < -0.3 is 34.5 Å². The van der Waals surface area contributed by atoms with Crippen LogP contribution in [-0.4, -0.2) is 75.5 Å². The van der Waals surface area contributed by atoms with Gasteiger partial charge in [-0.2, -0.15) is 0 Å². The first kappa shape index (κ1) is 56.4. The number of aryl methyl sites for hydroxylation is 1. The monoisotopic (exact) mass is 1120 g/mol. The molecule has 0 fully saturated rings. The van der Waals surface area contributed by atoms with Gasteiger partial charge in [-0.15, -0.1) is 0 Å². The third kappa shape index (κ3) is 13.1. The highest BCUT2D eigenvalue weighted by Gasteiger charge is 2.45. The molecule has 2 aliphatic heterocycles. The molecule has 2 amide bonds. The van der Waals surface area contributed by atoms with E-state index in [1.165, 1.54) is 0 Å². The summed E-state index contributed by atoms with van der Waals surface area (Å²) in [5, 5.41) is 17.9. The van der Waals surface area contributed by atoms with Crippen LogP contribution in [0.4, 0.5) is 10.5 Å². The molecule has 18 heteroatoms. The fourth-order valence-corrected chi connectivity index (χ4v) is 11.0. The molecule has 0 bridgehead atoms. The van der Waals surface area contributed by atoms with E-state index in [2.05, 4.69) is 58.6 Å². The summed E-state index contributed by atoms with van der Waals surface area (Å²) in [6, 6.07) is 43.3. The lowest BCUT2D eigenvalue weighted by Gasteiger charge is -2.31. The number of amides is 2.